The number of benzene rings is 1. The van der Waals surface area contributed by atoms with Crippen molar-refractivity contribution in [2.24, 2.45) is 0 Å². The van der Waals surface area contributed by atoms with Crippen molar-refractivity contribution >= 4 is 51.6 Å². The molecule has 0 aliphatic rings. The van der Waals surface area contributed by atoms with Gasteiger partial charge in [-0.3, -0.25) is 9.59 Å². The van der Waals surface area contributed by atoms with Crippen LogP contribution in [0.25, 0.3) is 11.3 Å². The fourth-order valence-electron chi connectivity index (χ4n) is 1.93. The number of thioether (sulfide) groups is 1. The second-order valence-electron chi connectivity index (χ2n) is 4.83. The van der Waals surface area contributed by atoms with Gasteiger partial charge in [0.15, 0.2) is 10.3 Å². The van der Waals surface area contributed by atoms with Crippen molar-refractivity contribution in [3.63, 3.8) is 0 Å². The summed E-state index contributed by atoms with van der Waals surface area (Å²) in [5.74, 6) is -0.0981. The number of nitrogens with two attached hydrogens (primary N) is 1. The summed E-state index contributed by atoms with van der Waals surface area (Å²) in [5.41, 5.74) is 6.63. The maximum atomic E-state index is 12.0. The summed E-state index contributed by atoms with van der Waals surface area (Å²) in [7, 11) is 0. The number of aromatic nitrogens is 3. The molecule has 0 radical (unpaired) electrons. The van der Waals surface area contributed by atoms with E-state index in [0.29, 0.717) is 15.8 Å². The van der Waals surface area contributed by atoms with Gasteiger partial charge in [0.1, 0.15) is 5.82 Å². The van der Waals surface area contributed by atoms with Gasteiger partial charge in [-0.15, -0.1) is 11.3 Å². The third kappa shape index (κ3) is 4.59. The number of nitrogens with zero attached hydrogens (tertiary/aromatic N) is 2. The smallest absolute Gasteiger partial charge is 0.253 e. The molecule has 10 heteroatoms. The summed E-state index contributed by atoms with van der Waals surface area (Å²) in [6, 6.07) is 8.53. The fourth-order valence-corrected chi connectivity index (χ4v) is 3.58. The summed E-state index contributed by atoms with van der Waals surface area (Å²) < 4.78 is 0. The summed E-state index contributed by atoms with van der Waals surface area (Å²) >= 11 is 8.53. The minimum Gasteiger partial charge on any atom is -0.383 e. The summed E-state index contributed by atoms with van der Waals surface area (Å²) in [6.07, 6.45) is 0. The van der Waals surface area contributed by atoms with Crippen LogP contribution in [0.3, 0.4) is 0 Å². The zero-order chi connectivity index (χ0) is 17.8. The molecule has 2 heterocycles. The Labute approximate surface area is 155 Å². The molecule has 0 saturated heterocycles. The predicted molar refractivity (Wildman–Crippen MR) is 101 cm³/mol. The number of thiazole rings is 1. The third-order valence-electron chi connectivity index (χ3n) is 2.98. The predicted octanol–water partition coefficient (Wildman–Crippen LogP) is 2.86. The number of anilines is 2. The number of carbonyl (C=O) groups is 1. The van der Waals surface area contributed by atoms with E-state index in [9.17, 15) is 9.59 Å². The van der Waals surface area contributed by atoms with Crippen molar-refractivity contribution in [2.45, 2.75) is 5.16 Å². The maximum absolute atomic E-state index is 12.0. The lowest BCUT2D eigenvalue weighted by Crippen LogP contribution is -2.15. The van der Waals surface area contributed by atoms with Gasteiger partial charge in [-0.1, -0.05) is 41.6 Å². The monoisotopic (exact) mass is 393 g/mol. The molecule has 0 saturated carbocycles. The highest BCUT2D eigenvalue weighted by molar-refractivity contribution is 7.99. The molecule has 0 aliphatic carbocycles. The maximum Gasteiger partial charge on any atom is 0.253 e. The van der Waals surface area contributed by atoms with Crippen LogP contribution in [-0.4, -0.2) is 26.6 Å². The number of nitrogens with one attached hydrogen (secondary N) is 2. The molecule has 0 unspecified atom stereocenters. The van der Waals surface area contributed by atoms with Crippen LogP contribution in [0.1, 0.15) is 0 Å². The quantitative estimate of drug-likeness (QED) is 0.453. The molecule has 0 spiro atoms. The molecule has 0 aliphatic heterocycles. The van der Waals surface area contributed by atoms with Gasteiger partial charge in [0.2, 0.25) is 5.91 Å². The van der Waals surface area contributed by atoms with Gasteiger partial charge < -0.3 is 16.0 Å². The van der Waals surface area contributed by atoms with E-state index in [2.05, 4.69) is 20.3 Å². The van der Waals surface area contributed by atoms with E-state index in [-0.39, 0.29) is 28.2 Å². The Morgan fingerprint density at radius 1 is 1.36 bits per heavy atom. The van der Waals surface area contributed by atoms with Crippen LogP contribution in [-0.2, 0) is 4.79 Å². The first-order chi connectivity index (χ1) is 12.0. The third-order valence-corrected chi connectivity index (χ3v) is 4.94. The van der Waals surface area contributed by atoms with Gasteiger partial charge >= 0.3 is 0 Å². The Morgan fingerprint density at radius 2 is 2.16 bits per heavy atom. The van der Waals surface area contributed by atoms with Crippen LogP contribution < -0.4 is 16.6 Å². The topological polar surface area (TPSA) is 114 Å². The van der Waals surface area contributed by atoms with Gasteiger partial charge in [0.05, 0.1) is 11.4 Å². The highest BCUT2D eigenvalue weighted by Crippen LogP contribution is 2.30. The standard InChI is InChI=1S/C15H12ClN5O2S2/c16-9-4-2-1-3-8(9)10-6-24-14(18-10)21-13(23)7-25-15-19-11(17)5-12(22)20-15/h1-6H,7H2,(H,18,21,23)(H3,17,19,20,22). The zero-order valence-corrected chi connectivity index (χ0v) is 15.0. The summed E-state index contributed by atoms with van der Waals surface area (Å²) in [4.78, 5) is 34.1. The second kappa shape index (κ2) is 7.68. The van der Waals surface area contributed by atoms with E-state index < -0.39 is 0 Å². The van der Waals surface area contributed by atoms with E-state index in [1.165, 1.54) is 17.4 Å². The van der Waals surface area contributed by atoms with Crippen LogP contribution in [0.2, 0.25) is 5.02 Å². The molecule has 3 aromatic rings. The van der Waals surface area contributed by atoms with Crippen molar-refractivity contribution in [1.29, 1.82) is 0 Å². The molecule has 2 aromatic heterocycles. The average Bonchev–Trinajstić information content (AvgIpc) is 3.01. The lowest BCUT2D eigenvalue weighted by Gasteiger charge is -2.02. The van der Waals surface area contributed by atoms with Gasteiger partial charge in [-0.05, 0) is 6.07 Å². The van der Waals surface area contributed by atoms with Crippen molar-refractivity contribution in [2.75, 3.05) is 16.8 Å². The lowest BCUT2D eigenvalue weighted by atomic mass is 10.2. The van der Waals surface area contributed by atoms with E-state index in [1.807, 2.05) is 23.6 Å². The number of nitrogen functional groups attached to an aromatic ring is 1. The van der Waals surface area contributed by atoms with Crippen LogP contribution in [0, 0.1) is 0 Å². The van der Waals surface area contributed by atoms with E-state index in [4.69, 9.17) is 17.3 Å². The number of rotatable bonds is 5. The molecule has 1 aromatic carbocycles. The number of amides is 1. The summed E-state index contributed by atoms with van der Waals surface area (Å²) in [5, 5.41) is 5.88. The molecule has 0 atom stereocenters. The Bertz CT molecular complexity index is 972. The minimum absolute atomic E-state index is 0.0629. The first-order valence-electron chi connectivity index (χ1n) is 7.01. The molecule has 128 valence electrons. The molecular weight excluding hydrogens is 382 g/mol. The lowest BCUT2D eigenvalue weighted by molar-refractivity contribution is -0.113. The normalized spacial score (nSPS) is 10.6. The molecule has 25 heavy (non-hydrogen) atoms. The molecule has 0 fully saturated rings. The van der Waals surface area contributed by atoms with Crippen molar-refractivity contribution < 1.29 is 4.79 Å². The molecular formula is C15H12ClN5O2S2. The van der Waals surface area contributed by atoms with Crippen LogP contribution >= 0.6 is 34.7 Å². The van der Waals surface area contributed by atoms with Crippen LogP contribution in [0.15, 0.2) is 45.7 Å². The van der Waals surface area contributed by atoms with Gasteiger partial charge in [0, 0.05) is 22.0 Å². The Morgan fingerprint density at radius 3 is 2.92 bits per heavy atom. The minimum atomic E-state index is -0.361. The molecule has 0 bridgehead atoms. The first-order valence-corrected chi connectivity index (χ1v) is 9.25. The second-order valence-corrected chi connectivity index (χ2v) is 7.06. The van der Waals surface area contributed by atoms with Crippen LogP contribution in [0.5, 0.6) is 0 Å². The van der Waals surface area contributed by atoms with Gasteiger partial charge in [-0.25, -0.2) is 9.97 Å². The van der Waals surface area contributed by atoms with Crippen molar-refractivity contribution in [1.82, 2.24) is 15.0 Å². The van der Waals surface area contributed by atoms with E-state index in [0.717, 1.165) is 17.3 Å². The van der Waals surface area contributed by atoms with Crippen molar-refractivity contribution in [3.8, 4) is 11.3 Å². The molecule has 7 nitrogen and oxygen atoms in total. The average molecular weight is 394 g/mol. The van der Waals surface area contributed by atoms with Crippen molar-refractivity contribution in [3.05, 3.63) is 51.1 Å². The highest BCUT2D eigenvalue weighted by atomic mass is 35.5. The number of hydrogen-bond donors (Lipinski definition) is 3. The highest BCUT2D eigenvalue weighted by Gasteiger charge is 2.11. The molecule has 4 N–H and O–H groups in total. The number of hydrogen-bond acceptors (Lipinski definition) is 7. The van der Waals surface area contributed by atoms with E-state index >= 15 is 0 Å². The number of halogens is 1. The Hall–Kier alpha value is -2.36. The molecule has 3 rings (SSSR count). The van der Waals surface area contributed by atoms with Gasteiger partial charge in [-0.2, -0.15) is 0 Å². The largest absolute Gasteiger partial charge is 0.383 e. The zero-order valence-electron chi connectivity index (χ0n) is 12.7. The number of H-pyrrole nitrogens is 1. The Balaban J connectivity index is 1.62. The van der Waals surface area contributed by atoms with E-state index in [1.54, 1.807) is 6.07 Å². The SMILES string of the molecule is Nc1cc(=O)[nH]c(SCC(=O)Nc2nc(-c3ccccc3Cl)cs2)n1. The fraction of sp³-hybridized carbons (Fsp3) is 0.0667. The number of carbonyl (C=O) groups excluding carboxylic acids is 1. The van der Waals surface area contributed by atoms with Crippen LogP contribution in [0.4, 0.5) is 10.9 Å². The summed E-state index contributed by atoms with van der Waals surface area (Å²) in [6.45, 7) is 0. The molecule has 1 amide bonds. The Kier molecular flexibility index (Phi) is 5.37. The first kappa shape index (κ1) is 17.5. The van der Waals surface area contributed by atoms with Gasteiger partial charge in [0.25, 0.3) is 5.56 Å². The number of aromatic amines is 1.